The fourth-order valence-electron chi connectivity index (χ4n) is 2.45. The van der Waals surface area contributed by atoms with E-state index in [1.807, 2.05) is 0 Å². The van der Waals surface area contributed by atoms with E-state index in [2.05, 4.69) is 13.8 Å². The molecule has 0 aromatic rings. The number of rotatable bonds is 16. The monoisotopic (exact) mass is 406 g/mol. The van der Waals surface area contributed by atoms with Crippen LogP contribution in [-0.4, -0.2) is 42.1 Å². The topological polar surface area (TPSA) is 109 Å². The van der Waals surface area contributed by atoms with Crippen LogP contribution in [0.5, 0.6) is 0 Å². The quantitative estimate of drug-likeness (QED) is 0.280. The largest absolute Gasteiger partial charge is 0.478 e. The molecule has 2 N–H and O–H groups in total. The summed E-state index contributed by atoms with van der Waals surface area (Å²) in [7, 11) is -2.77. The summed E-state index contributed by atoms with van der Waals surface area (Å²) in [5.41, 5.74) is 0. The Morgan fingerprint density at radius 2 is 0.926 bits per heavy atom. The summed E-state index contributed by atoms with van der Waals surface area (Å²) in [4.78, 5) is 19.1. The molecule has 0 spiro atoms. The Kier molecular flexibility index (Phi) is 20.0. The van der Waals surface area contributed by atoms with Crippen molar-refractivity contribution in [3.63, 3.8) is 0 Å². The molecule has 0 aliphatic rings. The van der Waals surface area contributed by atoms with Crippen LogP contribution in [0.1, 0.15) is 90.9 Å². The first kappa shape index (κ1) is 27.8. The van der Waals surface area contributed by atoms with Crippen molar-refractivity contribution >= 4 is 21.8 Å². The molecule has 0 unspecified atom stereocenters. The van der Waals surface area contributed by atoms with Gasteiger partial charge in [-0.15, -0.1) is 0 Å². The molecule has 0 rings (SSSR count). The van der Waals surface area contributed by atoms with Crippen molar-refractivity contribution in [2.75, 3.05) is 11.5 Å². The van der Waals surface area contributed by atoms with Gasteiger partial charge in [0.25, 0.3) is 0 Å². The highest BCUT2D eigenvalue weighted by molar-refractivity contribution is 7.91. The molecule has 0 aliphatic heterocycles. The maximum Gasteiger partial charge on any atom is 0.328 e. The van der Waals surface area contributed by atoms with E-state index < -0.39 is 21.8 Å². The van der Waals surface area contributed by atoms with Crippen molar-refractivity contribution < 1.29 is 28.2 Å². The Morgan fingerprint density at radius 1 is 0.630 bits per heavy atom. The maximum atomic E-state index is 11.8. The fourth-order valence-corrected chi connectivity index (χ4v) is 3.94. The highest BCUT2D eigenvalue weighted by Gasteiger charge is 2.09. The van der Waals surface area contributed by atoms with Gasteiger partial charge in [-0.25, -0.2) is 18.0 Å². The van der Waals surface area contributed by atoms with Gasteiger partial charge in [0.05, 0.1) is 11.5 Å². The van der Waals surface area contributed by atoms with Gasteiger partial charge in [-0.3, -0.25) is 0 Å². The van der Waals surface area contributed by atoms with Crippen LogP contribution < -0.4 is 0 Å². The lowest BCUT2D eigenvalue weighted by Gasteiger charge is -2.04. The molecular formula is C20H38O6S. The molecule has 0 radical (unpaired) electrons. The van der Waals surface area contributed by atoms with Gasteiger partial charge >= 0.3 is 11.9 Å². The van der Waals surface area contributed by atoms with Crippen molar-refractivity contribution in [1.82, 2.24) is 0 Å². The highest BCUT2D eigenvalue weighted by atomic mass is 32.2. The van der Waals surface area contributed by atoms with Gasteiger partial charge in [0.1, 0.15) is 9.84 Å². The van der Waals surface area contributed by atoms with Crippen LogP contribution >= 0.6 is 0 Å². The van der Waals surface area contributed by atoms with Crippen LogP contribution in [0.15, 0.2) is 12.2 Å². The van der Waals surface area contributed by atoms with Gasteiger partial charge < -0.3 is 10.2 Å². The molecule has 0 saturated heterocycles. The van der Waals surface area contributed by atoms with Crippen LogP contribution in [0.2, 0.25) is 0 Å². The molecule has 7 heteroatoms. The lowest BCUT2D eigenvalue weighted by Crippen LogP contribution is -2.11. The SMILES string of the molecule is CCCCCCCCS(=O)(=O)CCCCCCCC.O=C(O)/C=C\C(=O)O. The van der Waals surface area contributed by atoms with Crippen LogP contribution in [0.3, 0.4) is 0 Å². The molecule has 0 saturated carbocycles. The second-order valence-corrected chi connectivity index (χ2v) is 9.00. The van der Waals surface area contributed by atoms with Crippen molar-refractivity contribution in [1.29, 1.82) is 0 Å². The second kappa shape index (κ2) is 19.4. The minimum atomic E-state index is -2.77. The third-order valence-corrected chi connectivity index (χ3v) is 5.81. The summed E-state index contributed by atoms with van der Waals surface area (Å²) in [5, 5.41) is 15.6. The van der Waals surface area contributed by atoms with E-state index in [4.69, 9.17) is 10.2 Å². The number of hydrogen-bond acceptors (Lipinski definition) is 4. The molecule has 160 valence electrons. The van der Waals surface area contributed by atoms with Crippen molar-refractivity contribution in [2.24, 2.45) is 0 Å². The molecule has 0 bridgehead atoms. The summed E-state index contributed by atoms with van der Waals surface area (Å²) < 4.78 is 23.6. The molecule has 6 nitrogen and oxygen atoms in total. The lowest BCUT2D eigenvalue weighted by atomic mass is 10.1. The van der Waals surface area contributed by atoms with Gasteiger partial charge in [-0.05, 0) is 12.8 Å². The summed E-state index contributed by atoms with van der Waals surface area (Å²) in [6.07, 6.45) is 15.0. The molecule has 0 aromatic carbocycles. The molecule has 0 fully saturated rings. The van der Waals surface area contributed by atoms with E-state index in [0.29, 0.717) is 23.7 Å². The Bertz CT molecular complexity index is 459. The van der Waals surface area contributed by atoms with Crippen molar-refractivity contribution in [3.05, 3.63) is 12.2 Å². The third kappa shape index (κ3) is 27.0. The minimum Gasteiger partial charge on any atom is -0.478 e. The van der Waals surface area contributed by atoms with Gasteiger partial charge in [0.2, 0.25) is 0 Å². The summed E-state index contributed by atoms with van der Waals surface area (Å²) in [5.74, 6) is -1.69. The molecule has 0 amide bonds. The first-order chi connectivity index (χ1) is 12.7. The Balaban J connectivity index is 0. The average Bonchev–Trinajstić information content (AvgIpc) is 2.60. The summed E-state index contributed by atoms with van der Waals surface area (Å²) in [6, 6.07) is 0. The molecule has 0 atom stereocenters. The average molecular weight is 407 g/mol. The molecule has 0 heterocycles. The number of carboxylic acid groups (broad SMARTS) is 2. The smallest absolute Gasteiger partial charge is 0.328 e. The van der Waals surface area contributed by atoms with Gasteiger partial charge in [0, 0.05) is 12.2 Å². The summed E-state index contributed by atoms with van der Waals surface area (Å²) >= 11 is 0. The van der Waals surface area contributed by atoms with Gasteiger partial charge in [-0.2, -0.15) is 0 Å². The summed E-state index contributed by atoms with van der Waals surface area (Å²) in [6.45, 7) is 4.40. The van der Waals surface area contributed by atoms with Crippen LogP contribution in [-0.2, 0) is 19.4 Å². The zero-order valence-corrected chi connectivity index (χ0v) is 17.8. The first-order valence-electron chi connectivity index (χ1n) is 10.1. The first-order valence-corrected chi connectivity index (χ1v) is 11.9. The molecular weight excluding hydrogens is 368 g/mol. The molecule has 0 aliphatic carbocycles. The lowest BCUT2D eigenvalue weighted by molar-refractivity contribution is -0.134. The van der Waals surface area contributed by atoms with E-state index >= 15 is 0 Å². The Morgan fingerprint density at radius 3 is 1.22 bits per heavy atom. The van der Waals surface area contributed by atoms with Crippen molar-refractivity contribution in [2.45, 2.75) is 90.9 Å². The second-order valence-electron chi connectivity index (χ2n) is 6.70. The van der Waals surface area contributed by atoms with Crippen molar-refractivity contribution in [3.8, 4) is 0 Å². The number of unbranched alkanes of at least 4 members (excludes halogenated alkanes) is 10. The third-order valence-electron chi connectivity index (χ3n) is 3.99. The maximum absolute atomic E-state index is 11.8. The zero-order valence-electron chi connectivity index (χ0n) is 17.0. The van der Waals surface area contributed by atoms with E-state index in [1.165, 1.54) is 51.4 Å². The number of aliphatic carboxylic acids is 2. The number of carboxylic acids is 2. The predicted octanol–water partition coefficient (Wildman–Crippen LogP) is 4.83. The van der Waals surface area contributed by atoms with Gasteiger partial charge in [-0.1, -0.05) is 78.1 Å². The Labute approximate surface area is 165 Å². The number of carbonyl (C=O) groups is 2. The van der Waals surface area contributed by atoms with Gasteiger partial charge in [0.15, 0.2) is 0 Å². The fraction of sp³-hybridized carbons (Fsp3) is 0.800. The number of sulfone groups is 1. The van der Waals surface area contributed by atoms with E-state index in [1.54, 1.807) is 0 Å². The van der Waals surface area contributed by atoms with E-state index in [9.17, 15) is 18.0 Å². The molecule has 27 heavy (non-hydrogen) atoms. The zero-order chi connectivity index (χ0) is 21.0. The Hall–Kier alpha value is -1.37. The normalized spacial score (nSPS) is 11.2. The number of hydrogen-bond donors (Lipinski definition) is 2. The predicted molar refractivity (Wildman–Crippen MR) is 110 cm³/mol. The minimum absolute atomic E-state index is 0.411. The van der Waals surface area contributed by atoms with Crippen LogP contribution in [0.4, 0.5) is 0 Å². The highest BCUT2D eigenvalue weighted by Crippen LogP contribution is 2.09. The van der Waals surface area contributed by atoms with Crippen LogP contribution in [0, 0.1) is 0 Å². The van der Waals surface area contributed by atoms with E-state index in [-0.39, 0.29) is 0 Å². The molecule has 0 aromatic heterocycles. The van der Waals surface area contributed by atoms with Crippen LogP contribution in [0.25, 0.3) is 0 Å². The van der Waals surface area contributed by atoms with E-state index in [0.717, 1.165) is 25.7 Å². The standard InChI is InChI=1S/C16H34O2S.C4H4O4/c1-3-5-7-9-11-13-15-19(17,18)16-14-12-10-8-6-4-2;5-3(6)1-2-4(7)8/h3-16H2,1-2H3;1-2H,(H,5,6)(H,7,8)/b;2-1-.